The highest BCUT2D eigenvalue weighted by atomic mass is 32.1. The van der Waals surface area contributed by atoms with E-state index >= 15 is 0 Å². The van der Waals surface area contributed by atoms with Crippen LogP contribution in [0.15, 0.2) is 30.5 Å². The van der Waals surface area contributed by atoms with Crippen molar-refractivity contribution in [3.05, 3.63) is 46.6 Å². The van der Waals surface area contributed by atoms with Gasteiger partial charge < -0.3 is 0 Å². The number of hydrogen-bond donors (Lipinski definition) is 0. The number of aryl methyl sites for hydroxylation is 3. The Morgan fingerprint density at radius 3 is 2.76 bits per heavy atom. The molecule has 0 radical (unpaired) electrons. The number of rotatable bonds is 3. The zero-order valence-corrected chi connectivity index (χ0v) is 13.2. The number of benzene rings is 1. The van der Waals surface area contributed by atoms with Gasteiger partial charge in [-0.25, -0.2) is 4.98 Å². The number of nitrogens with zero attached hydrogens (tertiary/aromatic N) is 2. The maximum absolute atomic E-state index is 4.85. The largest absolute Gasteiger partial charge is 0.294 e. The molecule has 0 spiro atoms. The monoisotopic (exact) mass is 296 g/mol. The molecule has 0 unspecified atom stereocenters. The molecule has 2 aromatic heterocycles. The van der Waals surface area contributed by atoms with Crippen LogP contribution in [-0.4, -0.2) is 9.38 Å². The van der Waals surface area contributed by atoms with Gasteiger partial charge in [0, 0.05) is 22.3 Å². The molecule has 1 aliphatic carbocycles. The van der Waals surface area contributed by atoms with Gasteiger partial charge in [-0.2, -0.15) is 0 Å². The molecule has 1 aliphatic rings. The molecule has 0 saturated carbocycles. The van der Waals surface area contributed by atoms with Crippen LogP contribution in [0.4, 0.5) is 0 Å². The molecule has 108 valence electrons. The second-order valence-corrected chi connectivity index (χ2v) is 6.97. The molecular formula is C18H20N2S. The molecule has 21 heavy (non-hydrogen) atoms. The summed E-state index contributed by atoms with van der Waals surface area (Å²) in [5, 5.41) is 0. The lowest BCUT2D eigenvalue weighted by Gasteiger charge is -2.09. The smallest absolute Gasteiger partial charge is 0.194 e. The Bertz CT molecular complexity index is 764. The number of aromatic nitrogens is 2. The van der Waals surface area contributed by atoms with Gasteiger partial charge in [0.1, 0.15) is 0 Å². The molecule has 0 amide bonds. The number of hydrogen-bond acceptors (Lipinski definition) is 2. The SMILES string of the molecule is CCCc1ccc(-c2cn3c4c(sc3n2)CCCC4)cc1. The lowest BCUT2D eigenvalue weighted by molar-refractivity contribution is 0.674. The molecule has 4 rings (SSSR count). The van der Waals surface area contributed by atoms with Gasteiger partial charge in [-0.15, -0.1) is 11.3 Å². The van der Waals surface area contributed by atoms with E-state index in [0.29, 0.717) is 0 Å². The van der Waals surface area contributed by atoms with Crippen molar-refractivity contribution >= 4 is 16.3 Å². The molecule has 3 heteroatoms. The van der Waals surface area contributed by atoms with Crippen molar-refractivity contribution in [3.63, 3.8) is 0 Å². The first-order chi connectivity index (χ1) is 10.3. The zero-order chi connectivity index (χ0) is 14.2. The highest BCUT2D eigenvalue weighted by Gasteiger charge is 2.18. The van der Waals surface area contributed by atoms with Crippen molar-refractivity contribution < 1.29 is 0 Å². The minimum atomic E-state index is 1.11. The van der Waals surface area contributed by atoms with E-state index in [1.165, 1.54) is 48.9 Å². The van der Waals surface area contributed by atoms with Crippen LogP contribution in [0.25, 0.3) is 16.2 Å². The van der Waals surface area contributed by atoms with Crippen LogP contribution in [0.5, 0.6) is 0 Å². The summed E-state index contributed by atoms with van der Waals surface area (Å²) in [4.78, 5) is 7.56. The second kappa shape index (κ2) is 5.30. The van der Waals surface area contributed by atoms with E-state index in [9.17, 15) is 0 Å². The molecule has 2 nitrogen and oxygen atoms in total. The molecule has 0 fully saturated rings. The Morgan fingerprint density at radius 2 is 1.95 bits per heavy atom. The van der Waals surface area contributed by atoms with Crippen LogP contribution in [0.1, 0.15) is 42.3 Å². The van der Waals surface area contributed by atoms with Crippen LogP contribution >= 0.6 is 11.3 Å². The maximum atomic E-state index is 4.85. The van der Waals surface area contributed by atoms with Crippen molar-refractivity contribution in [1.29, 1.82) is 0 Å². The van der Waals surface area contributed by atoms with Crippen LogP contribution in [0.2, 0.25) is 0 Å². The fourth-order valence-corrected chi connectivity index (χ4v) is 4.43. The van der Waals surface area contributed by atoms with E-state index in [-0.39, 0.29) is 0 Å². The van der Waals surface area contributed by atoms with Gasteiger partial charge in [0.25, 0.3) is 0 Å². The van der Waals surface area contributed by atoms with E-state index in [1.807, 2.05) is 11.3 Å². The molecule has 0 atom stereocenters. The Morgan fingerprint density at radius 1 is 1.14 bits per heavy atom. The first-order valence-electron chi connectivity index (χ1n) is 7.94. The summed E-state index contributed by atoms with van der Waals surface area (Å²) in [6.07, 6.45) is 9.69. The lowest BCUT2D eigenvalue weighted by atomic mass is 10.0. The zero-order valence-electron chi connectivity index (χ0n) is 12.4. The van der Waals surface area contributed by atoms with E-state index in [0.717, 1.165) is 17.1 Å². The predicted molar refractivity (Wildman–Crippen MR) is 89.1 cm³/mol. The molecule has 0 bridgehead atoms. The van der Waals surface area contributed by atoms with Gasteiger partial charge in [0.2, 0.25) is 0 Å². The van der Waals surface area contributed by atoms with Gasteiger partial charge in [-0.3, -0.25) is 4.40 Å². The minimum Gasteiger partial charge on any atom is -0.294 e. The van der Waals surface area contributed by atoms with Crippen molar-refractivity contribution in [2.24, 2.45) is 0 Å². The number of thiazole rings is 1. The Balaban J connectivity index is 1.71. The molecule has 0 saturated heterocycles. The van der Waals surface area contributed by atoms with E-state index in [2.05, 4.69) is 41.8 Å². The second-order valence-electron chi connectivity index (χ2n) is 5.90. The third-order valence-electron chi connectivity index (χ3n) is 4.36. The van der Waals surface area contributed by atoms with Crippen molar-refractivity contribution in [3.8, 4) is 11.3 Å². The summed E-state index contributed by atoms with van der Waals surface area (Å²) in [6.45, 7) is 2.22. The predicted octanol–water partition coefficient (Wildman–Crippen LogP) is 4.89. The highest BCUT2D eigenvalue weighted by molar-refractivity contribution is 7.17. The van der Waals surface area contributed by atoms with Crippen LogP contribution in [0.3, 0.4) is 0 Å². The van der Waals surface area contributed by atoms with Crippen LogP contribution in [0, 0.1) is 0 Å². The first kappa shape index (κ1) is 13.1. The summed E-state index contributed by atoms with van der Waals surface area (Å²) in [5.41, 5.74) is 5.26. The number of imidazole rings is 1. The highest BCUT2D eigenvalue weighted by Crippen LogP contribution is 2.32. The summed E-state index contributed by atoms with van der Waals surface area (Å²) in [7, 11) is 0. The van der Waals surface area contributed by atoms with Gasteiger partial charge >= 0.3 is 0 Å². The maximum Gasteiger partial charge on any atom is 0.194 e. The summed E-state index contributed by atoms with van der Waals surface area (Å²) < 4.78 is 2.33. The first-order valence-corrected chi connectivity index (χ1v) is 8.76. The summed E-state index contributed by atoms with van der Waals surface area (Å²) in [5.74, 6) is 0. The summed E-state index contributed by atoms with van der Waals surface area (Å²) >= 11 is 1.88. The van der Waals surface area contributed by atoms with Crippen molar-refractivity contribution in [1.82, 2.24) is 9.38 Å². The van der Waals surface area contributed by atoms with Crippen LogP contribution < -0.4 is 0 Å². The quantitative estimate of drug-likeness (QED) is 0.672. The fraction of sp³-hybridized carbons (Fsp3) is 0.389. The third-order valence-corrected chi connectivity index (χ3v) is 5.51. The lowest BCUT2D eigenvalue weighted by Crippen LogP contribution is -2.01. The molecular weight excluding hydrogens is 276 g/mol. The molecule has 1 aromatic carbocycles. The molecule has 3 aromatic rings. The normalized spacial score (nSPS) is 14.5. The molecule has 2 heterocycles. The topological polar surface area (TPSA) is 17.3 Å². The van der Waals surface area contributed by atoms with Crippen molar-refractivity contribution in [2.75, 3.05) is 0 Å². The van der Waals surface area contributed by atoms with Crippen molar-refractivity contribution in [2.45, 2.75) is 45.4 Å². The average molecular weight is 296 g/mol. The molecule has 0 aliphatic heterocycles. The van der Waals surface area contributed by atoms with E-state index < -0.39 is 0 Å². The molecule has 0 N–H and O–H groups in total. The fourth-order valence-electron chi connectivity index (χ4n) is 3.24. The Kier molecular flexibility index (Phi) is 3.30. The summed E-state index contributed by atoms with van der Waals surface area (Å²) in [6, 6.07) is 8.90. The Hall–Kier alpha value is -1.61. The third kappa shape index (κ3) is 2.30. The van der Waals surface area contributed by atoms with E-state index in [1.54, 1.807) is 4.88 Å². The van der Waals surface area contributed by atoms with E-state index in [4.69, 9.17) is 4.98 Å². The number of fused-ring (bicyclic) bond motifs is 3. The standard InChI is InChI=1S/C18H20N2S/c1-2-5-13-8-10-14(11-9-13)15-12-20-16-6-3-4-7-17(16)21-18(20)19-15/h8-12H,2-7H2,1H3. The average Bonchev–Trinajstić information content (AvgIpc) is 3.06. The van der Waals surface area contributed by atoms with Gasteiger partial charge in [0.05, 0.1) is 5.69 Å². The minimum absolute atomic E-state index is 1.11. The van der Waals surface area contributed by atoms with Gasteiger partial charge in [0.15, 0.2) is 4.96 Å². The van der Waals surface area contributed by atoms with Gasteiger partial charge in [-0.05, 0) is 37.7 Å². The van der Waals surface area contributed by atoms with Gasteiger partial charge in [-0.1, -0.05) is 37.6 Å². The Labute approximate surface area is 129 Å². The van der Waals surface area contributed by atoms with Crippen LogP contribution in [-0.2, 0) is 19.3 Å².